The normalized spacial score (nSPS) is 19.3. The Bertz CT molecular complexity index is 487. The van der Waals surface area contributed by atoms with Gasteiger partial charge in [-0.2, -0.15) is 0 Å². The lowest BCUT2D eigenvalue weighted by Gasteiger charge is -2.22. The second kappa shape index (κ2) is 4.65. The van der Waals surface area contributed by atoms with Crippen LogP contribution in [-0.2, 0) is 0 Å². The first-order chi connectivity index (χ1) is 8.44. The molecule has 1 saturated heterocycles. The van der Waals surface area contributed by atoms with Crippen LogP contribution < -0.4 is 10.6 Å². The van der Waals surface area contributed by atoms with Crippen molar-refractivity contribution in [1.82, 2.24) is 4.98 Å². The van der Waals surface area contributed by atoms with Crippen molar-refractivity contribution in [3.63, 3.8) is 0 Å². The molecule has 0 saturated carbocycles. The minimum atomic E-state index is 0.00195. The van der Waals surface area contributed by atoms with E-state index in [1.54, 1.807) is 12.3 Å². The molecule has 3 N–H and O–H groups in total. The first-order valence-corrected chi connectivity index (χ1v) is 6.20. The summed E-state index contributed by atoms with van der Waals surface area (Å²) in [7, 11) is 0. The summed E-state index contributed by atoms with van der Waals surface area (Å²) in [4.78, 5) is 6.44. The Labute approximate surface area is 111 Å². The molecule has 0 bridgehead atoms. The van der Waals surface area contributed by atoms with Gasteiger partial charge in [-0.25, -0.2) is 4.98 Å². The number of oxime groups is 1. The fourth-order valence-electron chi connectivity index (χ4n) is 2.20. The maximum atomic E-state index is 8.72. The maximum Gasteiger partial charge on any atom is 0.171 e. The maximum absolute atomic E-state index is 8.72. The number of halogens is 1. The second-order valence-corrected chi connectivity index (χ2v) is 5.70. The van der Waals surface area contributed by atoms with Gasteiger partial charge in [0.15, 0.2) is 5.84 Å². The molecule has 0 unspecified atom stereocenters. The van der Waals surface area contributed by atoms with Crippen LogP contribution in [0.5, 0.6) is 0 Å². The molecule has 0 aliphatic carbocycles. The Morgan fingerprint density at radius 3 is 2.89 bits per heavy atom. The van der Waals surface area contributed by atoms with Gasteiger partial charge >= 0.3 is 0 Å². The zero-order valence-corrected chi connectivity index (χ0v) is 11.3. The SMILES string of the molecule is CC1(C)CCN(c2nccc(/C(N)=N/O)c2Cl)C1. The number of aromatic nitrogens is 1. The van der Waals surface area contributed by atoms with E-state index >= 15 is 0 Å². The number of anilines is 1. The Balaban J connectivity index is 2.36. The fraction of sp³-hybridized carbons (Fsp3) is 0.500. The summed E-state index contributed by atoms with van der Waals surface area (Å²) >= 11 is 6.28. The molecule has 6 heteroatoms. The summed E-state index contributed by atoms with van der Waals surface area (Å²) in [6, 6.07) is 1.64. The minimum absolute atomic E-state index is 0.00195. The third-order valence-electron chi connectivity index (χ3n) is 3.23. The molecular weight excluding hydrogens is 252 g/mol. The zero-order chi connectivity index (χ0) is 13.3. The van der Waals surface area contributed by atoms with Crippen LogP contribution in [0.2, 0.25) is 5.02 Å². The molecule has 5 nitrogen and oxygen atoms in total. The predicted molar refractivity (Wildman–Crippen MR) is 72.4 cm³/mol. The fourth-order valence-corrected chi connectivity index (χ4v) is 2.53. The van der Waals surface area contributed by atoms with E-state index < -0.39 is 0 Å². The van der Waals surface area contributed by atoms with E-state index in [0.717, 1.165) is 19.5 Å². The molecule has 0 aromatic carbocycles. The van der Waals surface area contributed by atoms with Gasteiger partial charge in [0.25, 0.3) is 0 Å². The number of nitrogens with two attached hydrogens (primary N) is 1. The molecule has 1 fully saturated rings. The molecule has 1 aliphatic heterocycles. The number of hydrogen-bond donors (Lipinski definition) is 2. The standard InChI is InChI=1S/C12H17ClN4O/c1-12(2)4-6-17(7-12)11-9(13)8(3-5-15-11)10(14)16-18/h3,5,18H,4,6-7H2,1-2H3,(H2,14,16). The summed E-state index contributed by atoms with van der Waals surface area (Å²) in [6.07, 6.45) is 2.72. The van der Waals surface area contributed by atoms with Gasteiger partial charge < -0.3 is 15.8 Å². The van der Waals surface area contributed by atoms with Gasteiger partial charge in [-0.15, -0.1) is 0 Å². The Morgan fingerprint density at radius 2 is 2.33 bits per heavy atom. The van der Waals surface area contributed by atoms with E-state index in [9.17, 15) is 0 Å². The van der Waals surface area contributed by atoms with E-state index in [-0.39, 0.29) is 11.3 Å². The Kier molecular flexibility index (Phi) is 3.34. The highest BCUT2D eigenvalue weighted by Crippen LogP contribution is 2.35. The molecule has 0 atom stereocenters. The van der Waals surface area contributed by atoms with E-state index in [1.165, 1.54) is 0 Å². The van der Waals surface area contributed by atoms with Crippen LogP contribution in [0.25, 0.3) is 0 Å². The molecule has 98 valence electrons. The van der Waals surface area contributed by atoms with Crippen LogP contribution in [0.1, 0.15) is 25.8 Å². The van der Waals surface area contributed by atoms with Crippen molar-refractivity contribution in [2.75, 3.05) is 18.0 Å². The number of rotatable bonds is 2. The first kappa shape index (κ1) is 13.0. The van der Waals surface area contributed by atoms with Crippen molar-refractivity contribution < 1.29 is 5.21 Å². The number of amidine groups is 1. The average Bonchev–Trinajstić information content (AvgIpc) is 2.69. The molecule has 0 radical (unpaired) electrons. The monoisotopic (exact) mass is 268 g/mol. The van der Waals surface area contributed by atoms with E-state index in [2.05, 4.69) is 28.9 Å². The van der Waals surface area contributed by atoms with Crippen LogP contribution in [-0.4, -0.2) is 29.1 Å². The predicted octanol–water partition coefficient (Wildman–Crippen LogP) is 2.07. The smallest absolute Gasteiger partial charge is 0.171 e. The quantitative estimate of drug-likeness (QED) is 0.373. The highest BCUT2D eigenvalue weighted by atomic mass is 35.5. The molecule has 2 heterocycles. The number of hydrogen-bond acceptors (Lipinski definition) is 4. The van der Waals surface area contributed by atoms with Gasteiger partial charge in [0, 0.05) is 24.8 Å². The first-order valence-electron chi connectivity index (χ1n) is 5.82. The third kappa shape index (κ3) is 2.36. The van der Waals surface area contributed by atoms with Gasteiger partial charge in [0.2, 0.25) is 0 Å². The topological polar surface area (TPSA) is 74.7 Å². The van der Waals surface area contributed by atoms with Gasteiger partial charge in [0.05, 0.1) is 5.02 Å². The van der Waals surface area contributed by atoms with Crippen LogP contribution >= 0.6 is 11.6 Å². The van der Waals surface area contributed by atoms with Gasteiger partial charge in [-0.1, -0.05) is 30.6 Å². The van der Waals surface area contributed by atoms with Crippen LogP contribution in [0.4, 0.5) is 5.82 Å². The largest absolute Gasteiger partial charge is 0.409 e. The van der Waals surface area contributed by atoms with Gasteiger partial charge in [-0.05, 0) is 17.9 Å². The van der Waals surface area contributed by atoms with E-state index in [0.29, 0.717) is 16.4 Å². The molecule has 1 aromatic heterocycles. The second-order valence-electron chi connectivity index (χ2n) is 5.32. The molecule has 0 amide bonds. The lowest BCUT2D eigenvalue weighted by atomic mass is 9.93. The third-order valence-corrected chi connectivity index (χ3v) is 3.60. The number of pyridine rings is 1. The molecule has 0 spiro atoms. The lowest BCUT2D eigenvalue weighted by molar-refractivity contribution is 0.318. The van der Waals surface area contributed by atoms with E-state index in [1.807, 2.05) is 0 Å². The highest BCUT2D eigenvalue weighted by molar-refractivity contribution is 6.36. The molecule has 18 heavy (non-hydrogen) atoms. The molecule has 1 aliphatic rings. The Morgan fingerprint density at radius 1 is 1.61 bits per heavy atom. The molecular formula is C12H17ClN4O. The summed E-state index contributed by atoms with van der Waals surface area (Å²) in [6.45, 7) is 6.25. The molecule has 2 rings (SSSR count). The van der Waals surface area contributed by atoms with Crippen molar-refractivity contribution in [3.05, 3.63) is 22.8 Å². The summed E-state index contributed by atoms with van der Waals surface area (Å²) in [5.74, 6) is 0.702. The van der Waals surface area contributed by atoms with Crippen LogP contribution in [0.3, 0.4) is 0 Å². The van der Waals surface area contributed by atoms with Crippen molar-refractivity contribution in [2.24, 2.45) is 16.3 Å². The van der Waals surface area contributed by atoms with Crippen molar-refractivity contribution in [1.29, 1.82) is 0 Å². The van der Waals surface area contributed by atoms with E-state index in [4.69, 9.17) is 22.5 Å². The molecule has 1 aromatic rings. The average molecular weight is 269 g/mol. The number of nitrogens with zero attached hydrogens (tertiary/aromatic N) is 3. The summed E-state index contributed by atoms with van der Waals surface area (Å²) < 4.78 is 0. The summed E-state index contributed by atoms with van der Waals surface area (Å²) in [5, 5.41) is 12.1. The minimum Gasteiger partial charge on any atom is -0.409 e. The van der Waals surface area contributed by atoms with Crippen LogP contribution in [0.15, 0.2) is 17.4 Å². The highest BCUT2D eigenvalue weighted by Gasteiger charge is 2.31. The van der Waals surface area contributed by atoms with Crippen molar-refractivity contribution in [2.45, 2.75) is 20.3 Å². The lowest BCUT2D eigenvalue weighted by Crippen LogP contribution is -2.25. The Hall–Kier alpha value is -1.49. The van der Waals surface area contributed by atoms with Crippen LogP contribution in [0, 0.1) is 5.41 Å². The van der Waals surface area contributed by atoms with Crippen molar-refractivity contribution in [3.8, 4) is 0 Å². The summed E-state index contributed by atoms with van der Waals surface area (Å²) in [5.41, 5.74) is 6.35. The van der Waals surface area contributed by atoms with Gasteiger partial charge in [-0.3, -0.25) is 0 Å². The van der Waals surface area contributed by atoms with Gasteiger partial charge in [0.1, 0.15) is 5.82 Å². The zero-order valence-electron chi connectivity index (χ0n) is 10.5. The van der Waals surface area contributed by atoms with Crippen molar-refractivity contribution >= 4 is 23.3 Å².